The predicted molar refractivity (Wildman–Crippen MR) is 108 cm³/mol. The largest absolute Gasteiger partial charge is 0.326 e. The van der Waals surface area contributed by atoms with Crippen LogP contribution in [0.15, 0.2) is 21.8 Å². The molecule has 0 radical (unpaired) electrons. The second-order valence-electron chi connectivity index (χ2n) is 6.96. The molecule has 2 aromatic rings. The van der Waals surface area contributed by atoms with E-state index in [1.165, 1.54) is 20.2 Å². The zero-order valence-corrected chi connectivity index (χ0v) is 17.8. The van der Waals surface area contributed by atoms with Crippen molar-refractivity contribution in [3.63, 3.8) is 0 Å². The van der Waals surface area contributed by atoms with Gasteiger partial charge in [0.1, 0.15) is 5.82 Å². The Balaban J connectivity index is 2.23. The first kappa shape index (κ1) is 21.8. The molecule has 2 rings (SSSR count). The fraction of sp³-hybridized carbons (Fsp3) is 0.421. The summed E-state index contributed by atoms with van der Waals surface area (Å²) in [4.78, 5) is 31.5. The van der Waals surface area contributed by atoms with Gasteiger partial charge >= 0.3 is 0 Å². The number of nitrogens with zero attached hydrogens (tertiary/aromatic N) is 2. The molecule has 2 N–H and O–H groups in total. The summed E-state index contributed by atoms with van der Waals surface area (Å²) in [6, 6.07) is 3.04. The molecular weight excluding hydrogens is 380 g/mol. The lowest BCUT2D eigenvalue weighted by Gasteiger charge is -2.16. The van der Waals surface area contributed by atoms with E-state index in [-0.39, 0.29) is 29.2 Å². The molecule has 0 fully saturated rings. The number of aromatic amines is 1. The average molecular weight is 407 g/mol. The first-order chi connectivity index (χ1) is 12.9. The lowest BCUT2D eigenvalue weighted by atomic mass is 10.1. The molecule has 152 valence electrons. The van der Waals surface area contributed by atoms with Crippen LogP contribution in [0.2, 0.25) is 0 Å². The van der Waals surface area contributed by atoms with E-state index >= 15 is 0 Å². The second kappa shape index (κ2) is 8.24. The molecule has 1 amide bonds. The van der Waals surface area contributed by atoms with Crippen molar-refractivity contribution in [2.24, 2.45) is 0 Å². The molecule has 9 heteroatoms. The molecule has 0 atom stereocenters. The van der Waals surface area contributed by atoms with Gasteiger partial charge in [-0.15, -0.1) is 0 Å². The molecular formula is C19H26N4O4S. The van der Waals surface area contributed by atoms with E-state index in [4.69, 9.17) is 0 Å². The van der Waals surface area contributed by atoms with Crippen molar-refractivity contribution in [1.82, 2.24) is 14.3 Å². The molecule has 8 nitrogen and oxygen atoms in total. The maximum Gasteiger partial charge on any atom is 0.254 e. The highest BCUT2D eigenvalue weighted by Crippen LogP contribution is 2.25. The van der Waals surface area contributed by atoms with Crippen LogP contribution in [0, 0.1) is 27.7 Å². The number of nitrogens with one attached hydrogen (secondary N) is 2. The minimum absolute atomic E-state index is 0.0812. The zero-order valence-electron chi connectivity index (χ0n) is 17.0. The smallest absolute Gasteiger partial charge is 0.254 e. The van der Waals surface area contributed by atoms with Gasteiger partial charge in [-0.1, -0.05) is 0 Å². The van der Waals surface area contributed by atoms with Crippen molar-refractivity contribution in [3.8, 4) is 0 Å². The Morgan fingerprint density at radius 2 is 1.82 bits per heavy atom. The number of benzene rings is 1. The Morgan fingerprint density at radius 3 is 2.39 bits per heavy atom. The fourth-order valence-corrected chi connectivity index (χ4v) is 3.83. The number of carbonyl (C=O) groups excluding carboxylic acids is 1. The Hall–Kier alpha value is -2.52. The number of aromatic nitrogens is 2. The van der Waals surface area contributed by atoms with Crippen LogP contribution < -0.4 is 10.9 Å². The molecule has 1 aromatic heterocycles. The highest BCUT2D eigenvalue weighted by molar-refractivity contribution is 7.89. The van der Waals surface area contributed by atoms with Crippen LogP contribution in [0.3, 0.4) is 0 Å². The van der Waals surface area contributed by atoms with Gasteiger partial charge in [-0.05, 0) is 57.4 Å². The number of sulfonamides is 1. The van der Waals surface area contributed by atoms with Gasteiger partial charge in [-0.2, -0.15) is 0 Å². The topological polar surface area (TPSA) is 112 Å². The van der Waals surface area contributed by atoms with Crippen molar-refractivity contribution >= 4 is 21.6 Å². The second-order valence-corrected chi connectivity index (χ2v) is 9.12. The van der Waals surface area contributed by atoms with E-state index in [0.29, 0.717) is 22.8 Å². The van der Waals surface area contributed by atoms with Gasteiger partial charge in [0.05, 0.1) is 4.90 Å². The summed E-state index contributed by atoms with van der Waals surface area (Å²) in [7, 11) is -0.704. The third kappa shape index (κ3) is 4.66. The van der Waals surface area contributed by atoms with Gasteiger partial charge in [-0.25, -0.2) is 17.7 Å². The first-order valence-electron chi connectivity index (χ1n) is 8.83. The molecule has 0 saturated heterocycles. The predicted octanol–water partition coefficient (Wildman–Crippen LogP) is 1.83. The molecule has 0 spiro atoms. The lowest BCUT2D eigenvalue weighted by Crippen LogP contribution is -2.23. The molecule has 0 unspecified atom stereocenters. The van der Waals surface area contributed by atoms with Gasteiger partial charge in [0.25, 0.3) is 5.56 Å². The number of aryl methyl sites for hydroxylation is 3. The monoisotopic (exact) mass is 406 g/mol. The van der Waals surface area contributed by atoms with Crippen molar-refractivity contribution < 1.29 is 13.2 Å². The zero-order chi connectivity index (χ0) is 21.2. The molecule has 0 saturated carbocycles. The lowest BCUT2D eigenvalue weighted by molar-refractivity contribution is -0.116. The summed E-state index contributed by atoms with van der Waals surface area (Å²) >= 11 is 0. The average Bonchev–Trinajstić information content (AvgIpc) is 2.57. The van der Waals surface area contributed by atoms with Gasteiger partial charge in [0.2, 0.25) is 15.9 Å². The minimum Gasteiger partial charge on any atom is -0.326 e. The van der Waals surface area contributed by atoms with E-state index in [1.807, 2.05) is 6.92 Å². The van der Waals surface area contributed by atoms with Crippen LogP contribution in [-0.2, 0) is 21.2 Å². The van der Waals surface area contributed by atoms with E-state index in [1.54, 1.807) is 26.8 Å². The normalized spacial score (nSPS) is 11.7. The van der Waals surface area contributed by atoms with Crippen molar-refractivity contribution in [2.75, 3.05) is 19.4 Å². The molecule has 0 aliphatic rings. The highest BCUT2D eigenvalue weighted by Gasteiger charge is 2.20. The van der Waals surface area contributed by atoms with Crippen LogP contribution in [0.5, 0.6) is 0 Å². The highest BCUT2D eigenvalue weighted by atomic mass is 32.2. The van der Waals surface area contributed by atoms with Gasteiger partial charge in [0, 0.05) is 37.5 Å². The molecule has 0 aliphatic heterocycles. The number of anilines is 1. The van der Waals surface area contributed by atoms with E-state index in [2.05, 4.69) is 15.3 Å². The Kier molecular flexibility index (Phi) is 6.41. The number of hydrogen-bond donors (Lipinski definition) is 2. The summed E-state index contributed by atoms with van der Waals surface area (Å²) in [6.07, 6.45) is 0.325. The number of rotatable bonds is 6. The van der Waals surface area contributed by atoms with Crippen LogP contribution in [-0.4, -0.2) is 42.7 Å². The maximum atomic E-state index is 12.4. The molecule has 1 heterocycles. The van der Waals surface area contributed by atoms with E-state index < -0.39 is 10.0 Å². The third-order valence-electron chi connectivity index (χ3n) is 4.64. The number of H-pyrrole nitrogens is 1. The Labute approximate surface area is 165 Å². The van der Waals surface area contributed by atoms with E-state index in [9.17, 15) is 18.0 Å². The van der Waals surface area contributed by atoms with Crippen molar-refractivity contribution in [1.29, 1.82) is 0 Å². The van der Waals surface area contributed by atoms with Crippen LogP contribution in [0.1, 0.15) is 34.6 Å². The van der Waals surface area contributed by atoms with Gasteiger partial charge < -0.3 is 10.3 Å². The van der Waals surface area contributed by atoms with Crippen LogP contribution >= 0.6 is 0 Å². The fourth-order valence-electron chi connectivity index (χ4n) is 2.81. The molecule has 0 bridgehead atoms. The summed E-state index contributed by atoms with van der Waals surface area (Å²) in [6.45, 7) is 7.04. The van der Waals surface area contributed by atoms with Crippen molar-refractivity contribution in [2.45, 2.75) is 45.4 Å². The number of hydrogen-bond acceptors (Lipinski definition) is 5. The quantitative estimate of drug-likeness (QED) is 0.760. The first-order valence-corrected chi connectivity index (χ1v) is 10.3. The van der Waals surface area contributed by atoms with E-state index in [0.717, 1.165) is 15.4 Å². The SMILES string of the molecule is Cc1nc(C)c(CCC(=O)Nc2cc(S(=O)(=O)N(C)C)cc(C)c2C)c(=O)[nH]1. The van der Waals surface area contributed by atoms with Gasteiger partial charge in [0.15, 0.2) is 0 Å². The standard InChI is InChI=1S/C19H26N4O4S/c1-11-9-15(28(26,27)23(5)6)10-17(12(11)2)22-18(24)8-7-16-13(3)20-14(4)21-19(16)25/h9-10H,7-8H2,1-6H3,(H,22,24)(H,20,21,25). The minimum atomic E-state index is -3.62. The summed E-state index contributed by atoms with van der Waals surface area (Å²) < 4.78 is 26.0. The molecule has 28 heavy (non-hydrogen) atoms. The third-order valence-corrected chi connectivity index (χ3v) is 6.43. The summed E-state index contributed by atoms with van der Waals surface area (Å²) in [5, 5.41) is 2.77. The van der Waals surface area contributed by atoms with Crippen LogP contribution in [0.25, 0.3) is 0 Å². The van der Waals surface area contributed by atoms with Crippen molar-refractivity contribution in [3.05, 3.63) is 50.7 Å². The molecule has 1 aromatic carbocycles. The number of carbonyl (C=O) groups is 1. The Morgan fingerprint density at radius 1 is 1.18 bits per heavy atom. The molecule has 0 aliphatic carbocycles. The maximum absolute atomic E-state index is 12.4. The van der Waals surface area contributed by atoms with Gasteiger partial charge in [-0.3, -0.25) is 9.59 Å². The number of amides is 1. The summed E-state index contributed by atoms with van der Waals surface area (Å²) in [5.41, 5.74) is 2.81. The Bertz CT molecular complexity index is 1070. The van der Waals surface area contributed by atoms with Crippen LogP contribution in [0.4, 0.5) is 5.69 Å². The summed E-state index contributed by atoms with van der Waals surface area (Å²) in [5.74, 6) is 0.224.